The van der Waals surface area contributed by atoms with Gasteiger partial charge in [-0.25, -0.2) is 4.98 Å². The summed E-state index contributed by atoms with van der Waals surface area (Å²) >= 11 is 1.89. The molecule has 49 heavy (non-hydrogen) atoms. The Hall–Kier alpha value is -6.03. The lowest BCUT2D eigenvalue weighted by atomic mass is 9.99. The lowest BCUT2D eigenvalue weighted by Crippen LogP contribution is -2.27. The molecular formula is C46H32N2S. The van der Waals surface area contributed by atoms with Gasteiger partial charge in [0, 0.05) is 53.0 Å². The van der Waals surface area contributed by atoms with Gasteiger partial charge < -0.3 is 4.57 Å². The second kappa shape index (κ2) is 11.9. The van der Waals surface area contributed by atoms with Crippen LogP contribution in [0.1, 0.15) is 6.92 Å². The molecule has 0 saturated carbocycles. The monoisotopic (exact) mass is 644 g/mol. The van der Waals surface area contributed by atoms with Crippen LogP contribution in [0.3, 0.4) is 0 Å². The average molecular weight is 645 g/mol. The van der Waals surface area contributed by atoms with Crippen LogP contribution in [0.5, 0.6) is 0 Å². The number of hydrogen-bond acceptors (Lipinski definition) is 2. The summed E-state index contributed by atoms with van der Waals surface area (Å²) in [5.41, 5.74) is 8.72. The van der Waals surface area contributed by atoms with Crippen molar-refractivity contribution in [3.05, 3.63) is 169 Å². The highest BCUT2D eigenvalue weighted by molar-refractivity contribution is 7.27. The molecule has 0 aliphatic rings. The van der Waals surface area contributed by atoms with Crippen LogP contribution in [-0.2, 0) is 0 Å². The molecule has 3 heteroatoms. The lowest BCUT2D eigenvalue weighted by Gasteiger charge is -2.13. The topological polar surface area (TPSA) is 17.8 Å². The highest BCUT2D eigenvalue weighted by atomic mass is 32.1. The van der Waals surface area contributed by atoms with Crippen LogP contribution in [0, 0.1) is 0 Å². The molecule has 6 aromatic carbocycles. The Kier molecular flexibility index (Phi) is 7.07. The predicted octanol–water partition coefficient (Wildman–Crippen LogP) is 11.3. The van der Waals surface area contributed by atoms with Crippen LogP contribution in [-0.4, -0.2) is 9.55 Å². The molecule has 0 atom stereocenters. The maximum Gasteiger partial charge on any atom is 0.0715 e. The Morgan fingerprint density at radius 3 is 1.86 bits per heavy atom. The number of benzene rings is 6. The van der Waals surface area contributed by atoms with Crippen molar-refractivity contribution < 1.29 is 0 Å². The molecule has 0 radical (unpaired) electrons. The van der Waals surface area contributed by atoms with Crippen molar-refractivity contribution in [2.75, 3.05) is 0 Å². The van der Waals surface area contributed by atoms with E-state index in [1.807, 2.05) is 23.5 Å². The normalized spacial score (nSPS) is 12.5. The molecule has 9 rings (SSSR count). The van der Waals surface area contributed by atoms with E-state index in [9.17, 15) is 0 Å². The minimum atomic E-state index is 0.946. The van der Waals surface area contributed by atoms with Gasteiger partial charge in [-0.2, -0.15) is 0 Å². The summed E-state index contributed by atoms with van der Waals surface area (Å²) in [5.74, 6) is 0. The number of hydrogen-bond donors (Lipinski definition) is 0. The number of thiophene rings is 1. The van der Waals surface area contributed by atoms with Gasteiger partial charge in [-0.05, 0) is 59.8 Å². The summed E-state index contributed by atoms with van der Waals surface area (Å²) in [6, 6.07) is 51.9. The lowest BCUT2D eigenvalue weighted by molar-refractivity contribution is 1.07. The largest absolute Gasteiger partial charge is 0.309 e. The van der Waals surface area contributed by atoms with Crippen LogP contribution in [0.25, 0.3) is 93.3 Å². The Labute approximate surface area is 288 Å². The zero-order valence-electron chi connectivity index (χ0n) is 27.1. The van der Waals surface area contributed by atoms with Gasteiger partial charge in [-0.3, -0.25) is 0 Å². The fourth-order valence-electron chi connectivity index (χ4n) is 7.34. The quantitative estimate of drug-likeness (QED) is 0.182. The first-order chi connectivity index (χ1) is 24.2. The van der Waals surface area contributed by atoms with Gasteiger partial charge in [0.05, 0.1) is 22.3 Å². The van der Waals surface area contributed by atoms with Gasteiger partial charge in [0.2, 0.25) is 0 Å². The van der Waals surface area contributed by atoms with E-state index in [-0.39, 0.29) is 0 Å². The fraction of sp³-hybridized carbons (Fsp3) is 0.0217. The van der Waals surface area contributed by atoms with Gasteiger partial charge in [0.1, 0.15) is 0 Å². The van der Waals surface area contributed by atoms with Gasteiger partial charge in [-0.1, -0.05) is 134 Å². The van der Waals surface area contributed by atoms with Crippen LogP contribution in [0.15, 0.2) is 158 Å². The van der Waals surface area contributed by atoms with Crippen molar-refractivity contribution in [3.8, 4) is 39.3 Å². The second-order valence-corrected chi connectivity index (χ2v) is 13.4. The predicted molar refractivity (Wildman–Crippen MR) is 212 cm³/mol. The summed E-state index contributed by atoms with van der Waals surface area (Å²) in [6.07, 6.45) is 6.31. The van der Waals surface area contributed by atoms with Crippen molar-refractivity contribution >= 4 is 65.3 Å². The Balaban J connectivity index is 1.30. The van der Waals surface area contributed by atoms with E-state index < -0.39 is 0 Å². The van der Waals surface area contributed by atoms with Gasteiger partial charge in [0.15, 0.2) is 0 Å². The van der Waals surface area contributed by atoms with Crippen LogP contribution in [0.2, 0.25) is 0 Å². The zero-order valence-corrected chi connectivity index (χ0v) is 27.9. The molecule has 0 fully saturated rings. The van der Waals surface area contributed by atoms with Crippen molar-refractivity contribution in [2.45, 2.75) is 6.92 Å². The maximum absolute atomic E-state index is 5.18. The standard InChI is InChI=1S/C46H32N2S/c1-3-15-41-35(4-2)44-45(37-21-12-11-20-36(37)43-38-22-13-14-23-42(38)49-46(43)44)48(41)34-26-24-32(25-27-34)40-29-33(30-16-7-5-8-17-30)28-39(47-40)31-18-9-6-10-19-31/h3-29H,1H2,2H3/b35-4+,41-15+. The molecule has 0 unspecified atom stereocenters. The van der Waals surface area contributed by atoms with Crippen LogP contribution < -0.4 is 10.6 Å². The highest BCUT2D eigenvalue weighted by Gasteiger charge is 2.20. The molecule has 0 amide bonds. The first-order valence-electron chi connectivity index (χ1n) is 16.6. The number of pyridine rings is 1. The number of fused-ring (bicyclic) bond motifs is 8. The van der Waals surface area contributed by atoms with Gasteiger partial charge >= 0.3 is 0 Å². The fourth-order valence-corrected chi connectivity index (χ4v) is 8.62. The third kappa shape index (κ3) is 4.74. The third-order valence-electron chi connectivity index (χ3n) is 9.51. The van der Waals surface area contributed by atoms with E-state index in [4.69, 9.17) is 4.98 Å². The molecule has 9 aromatic rings. The van der Waals surface area contributed by atoms with Crippen molar-refractivity contribution in [1.82, 2.24) is 9.55 Å². The molecule has 0 aliphatic carbocycles. The van der Waals surface area contributed by atoms with E-state index in [1.165, 1.54) is 52.6 Å². The number of allylic oxidation sites excluding steroid dienone is 1. The molecule has 3 aromatic heterocycles. The maximum atomic E-state index is 5.18. The molecule has 0 N–H and O–H groups in total. The minimum absolute atomic E-state index is 0.946. The molecular weight excluding hydrogens is 613 g/mol. The highest BCUT2D eigenvalue weighted by Crippen LogP contribution is 2.43. The molecule has 0 aliphatic heterocycles. The summed E-state index contributed by atoms with van der Waals surface area (Å²) in [5, 5.41) is 8.82. The number of nitrogens with zero attached hydrogens (tertiary/aromatic N) is 2. The Morgan fingerprint density at radius 2 is 1.18 bits per heavy atom. The zero-order chi connectivity index (χ0) is 32.9. The number of rotatable bonds is 5. The van der Waals surface area contributed by atoms with E-state index >= 15 is 0 Å². The molecule has 0 spiro atoms. The van der Waals surface area contributed by atoms with Crippen molar-refractivity contribution in [3.63, 3.8) is 0 Å². The van der Waals surface area contributed by atoms with Crippen LogP contribution in [0.4, 0.5) is 0 Å². The van der Waals surface area contributed by atoms with E-state index in [0.29, 0.717) is 0 Å². The Bertz CT molecular complexity index is 2770. The molecule has 0 saturated heterocycles. The summed E-state index contributed by atoms with van der Waals surface area (Å²) in [6.45, 7) is 6.27. The Morgan fingerprint density at radius 1 is 0.592 bits per heavy atom. The summed E-state index contributed by atoms with van der Waals surface area (Å²) in [4.78, 5) is 5.18. The van der Waals surface area contributed by atoms with E-state index in [1.54, 1.807) is 0 Å². The minimum Gasteiger partial charge on any atom is -0.309 e. The summed E-state index contributed by atoms with van der Waals surface area (Å²) in [7, 11) is 0. The third-order valence-corrected chi connectivity index (χ3v) is 10.7. The average Bonchev–Trinajstić information content (AvgIpc) is 3.72. The smallest absolute Gasteiger partial charge is 0.0715 e. The molecule has 232 valence electrons. The first-order valence-corrected chi connectivity index (χ1v) is 17.4. The van der Waals surface area contributed by atoms with Crippen molar-refractivity contribution in [1.29, 1.82) is 0 Å². The molecule has 2 nitrogen and oxygen atoms in total. The molecule has 3 heterocycles. The van der Waals surface area contributed by atoms with E-state index in [2.05, 4.69) is 170 Å². The van der Waals surface area contributed by atoms with Crippen LogP contribution >= 0.6 is 11.3 Å². The first kappa shape index (κ1) is 29.1. The van der Waals surface area contributed by atoms with Gasteiger partial charge in [0.25, 0.3) is 0 Å². The van der Waals surface area contributed by atoms with Crippen molar-refractivity contribution in [2.24, 2.45) is 0 Å². The van der Waals surface area contributed by atoms with E-state index in [0.717, 1.165) is 39.1 Å². The second-order valence-electron chi connectivity index (χ2n) is 12.3. The molecule has 0 bridgehead atoms. The number of aromatic nitrogens is 2. The summed E-state index contributed by atoms with van der Waals surface area (Å²) < 4.78 is 5.06. The SMILES string of the molecule is C=C/C=c1\c(=C/C)c2c3sc4ccccc4c3c3ccccc3c2n1-c1ccc(-c2cc(-c3ccccc3)cc(-c3ccccc3)n2)cc1. The van der Waals surface area contributed by atoms with Gasteiger partial charge in [-0.15, -0.1) is 11.3 Å².